The van der Waals surface area contributed by atoms with Crippen LogP contribution in [0.15, 0.2) is 34.9 Å². The van der Waals surface area contributed by atoms with Crippen LogP contribution < -0.4 is 5.32 Å². The lowest BCUT2D eigenvalue weighted by molar-refractivity contribution is -0.139. The van der Waals surface area contributed by atoms with Crippen molar-refractivity contribution in [1.29, 1.82) is 0 Å². The molecular weight excluding hydrogens is 242 g/mol. The van der Waals surface area contributed by atoms with Gasteiger partial charge in [-0.1, -0.05) is 25.8 Å². The summed E-state index contributed by atoms with van der Waals surface area (Å²) in [6, 6.07) is 7.32. The molecule has 19 heavy (non-hydrogen) atoms. The number of furan rings is 1. The van der Waals surface area contributed by atoms with Crippen molar-refractivity contribution in [2.75, 3.05) is 0 Å². The fraction of sp³-hybridized carbons (Fsp3) is 0.400. The molecule has 0 saturated heterocycles. The first-order chi connectivity index (χ1) is 9.20. The number of benzene rings is 1. The number of carbonyl (C=O) groups is 1. The number of nitrogens with one attached hydrogen (secondary N) is 1. The van der Waals surface area contributed by atoms with Gasteiger partial charge in [0.1, 0.15) is 11.6 Å². The van der Waals surface area contributed by atoms with E-state index in [4.69, 9.17) is 9.52 Å². The molecule has 4 nitrogen and oxygen atoms in total. The Morgan fingerprint density at radius 2 is 2.26 bits per heavy atom. The molecule has 0 aliphatic rings. The monoisotopic (exact) mass is 261 g/mol. The molecular formula is C15H19NO3. The highest BCUT2D eigenvalue weighted by atomic mass is 16.4. The van der Waals surface area contributed by atoms with Crippen LogP contribution in [0.4, 0.5) is 0 Å². The fourth-order valence-corrected chi connectivity index (χ4v) is 2.09. The molecule has 0 aliphatic carbocycles. The fourth-order valence-electron chi connectivity index (χ4n) is 2.09. The van der Waals surface area contributed by atoms with E-state index in [1.54, 1.807) is 6.26 Å². The maximum Gasteiger partial charge on any atom is 0.320 e. The number of carboxylic acids is 1. The van der Waals surface area contributed by atoms with Crippen LogP contribution in [-0.2, 0) is 11.3 Å². The van der Waals surface area contributed by atoms with Gasteiger partial charge in [0.15, 0.2) is 0 Å². The van der Waals surface area contributed by atoms with Gasteiger partial charge in [0, 0.05) is 11.9 Å². The standard InChI is InChI=1S/C15H19NO3/c1-2-3-4-13(15(17)18)16-10-11-5-6-14-12(9-11)7-8-19-14/h5-9,13,16H,2-4,10H2,1H3,(H,17,18)/t13-/m0/s1. The summed E-state index contributed by atoms with van der Waals surface area (Å²) in [5, 5.41) is 13.3. The van der Waals surface area contributed by atoms with Crippen LogP contribution in [0.2, 0.25) is 0 Å². The van der Waals surface area contributed by atoms with Gasteiger partial charge < -0.3 is 14.8 Å². The molecule has 1 heterocycles. The minimum absolute atomic E-state index is 0.472. The average molecular weight is 261 g/mol. The van der Waals surface area contributed by atoms with Gasteiger partial charge in [0.2, 0.25) is 0 Å². The van der Waals surface area contributed by atoms with Crippen LogP contribution in [-0.4, -0.2) is 17.1 Å². The van der Waals surface area contributed by atoms with Gasteiger partial charge in [0.25, 0.3) is 0 Å². The van der Waals surface area contributed by atoms with E-state index in [2.05, 4.69) is 12.2 Å². The van der Waals surface area contributed by atoms with Gasteiger partial charge in [-0.15, -0.1) is 0 Å². The second-order valence-electron chi connectivity index (χ2n) is 4.71. The Hall–Kier alpha value is -1.81. The quantitative estimate of drug-likeness (QED) is 0.803. The van der Waals surface area contributed by atoms with Crippen LogP contribution in [0.3, 0.4) is 0 Å². The lowest BCUT2D eigenvalue weighted by atomic mass is 10.1. The Labute approximate surface area is 112 Å². The molecule has 0 aliphatic heterocycles. The molecule has 0 radical (unpaired) electrons. The van der Waals surface area contributed by atoms with Crippen molar-refractivity contribution in [2.45, 2.75) is 38.8 Å². The summed E-state index contributed by atoms with van der Waals surface area (Å²) in [5.74, 6) is -0.780. The van der Waals surface area contributed by atoms with Crippen molar-refractivity contribution in [1.82, 2.24) is 5.32 Å². The summed E-state index contributed by atoms with van der Waals surface area (Å²) in [5.41, 5.74) is 1.92. The Kier molecular flexibility index (Phi) is 4.58. The molecule has 1 atom stereocenters. The van der Waals surface area contributed by atoms with Gasteiger partial charge in [-0.25, -0.2) is 0 Å². The second kappa shape index (κ2) is 6.38. The first-order valence-electron chi connectivity index (χ1n) is 6.63. The van der Waals surface area contributed by atoms with Crippen molar-refractivity contribution < 1.29 is 14.3 Å². The molecule has 0 fully saturated rings. The number of carboxylic acid groups (broad SMARTS) is 1. The van der Waals surface area contributed by atoms with Gasteiger partial charge in [-0.05, 0) is 30.2 Å². The molecule has 2 aromatic rings. The number of fused-ring (bicyclic) bond motifs is 1. The van der Waals surface area contributed by atoms with E-state index in [1.165, 1.54) is 0 Å². The minimum Gasteiger partial charge on any atom is -0.480 e. The maximum atomic E-state index is 11.1. The summed E-state index contributed by atoms with van der Waals surface area (Å²) in [6.07, 6.45) is 4.25. The third-order valence-electron chi connectivity index (χ3n) is 3.21. The zero-order valence-electron chi connectivity index (χ0n) is 11.1. The molecule has 0 saturated carbocycles. The van der Waals surface area contributed by atoms with Crippen LogP contribution >= 0.6 is 0 Å². The van der Waals surface area contributed by atoms with Gasteiger partial charge >= 0.3 is 5.97 Å². The van der Waals surface area contributed by atoms with E-state index >= 15 is 0 Å². The van der Waals surface area contributed by atoms with Gasteiger partial charge in [-0.3, -0.25) is 4.79 Å². The molecule has 0 unspecified atom stereocenters. The summed E-state index contributed by atoms with van der Waals surface area (Å²) < 4.78 is 5.28. The maximum absolute atomic E-state index is 11.1. The van der Waals surface area contributed by atoms with E-state index in [9.17, 15) is 4.79 Å². The summed E-state index contributed by atoms with van der Waals surface area (Å²) >= 11 is 0. The molecule has 0 spiro atoms. The normalized spacial score (nSPS) is 12.7. The third-order valence-corrected chi connectivity index (χ3v) is 3.21. The van der Waals surface area contributed by atoms with Crippen molar-refractivity contribution >= 4 is 16.9 Å². The number of rotatable bonds is 7. The van der Waals surface area contributed by atoms with Crippen LogP contribution in [0, 0.1) is 0 Å². The van der Waals surface area contributed by atoms with Gasteiger partial charge in [-0.2, -0.15) is 0 Å². The third kappa shape index (κ3) is 3.58. The molecule has 0 bridgehead atoms. The van der Waals surface area contributed by atoms with E-state index < -0.39 is 12.0 Å². The lowest BCUT2D eigenvalue weighted by Gasteiger charge is -2.14. The minimum atomic E-state index is -0.780. The highest BCUT2D eigenvalue weighted by molar-refractivity contribution is 5.77. The number of hydrogen-bond acceptors (Lipinski definition) is 3. The predicted octanol–water partition coefficient (Wildman–Crippen LogP) is 3.17. The smallest absolute Gasteiger partial charge is 0.320 e. The number of hydrogen-bond donors (Lipinski definition) is 2. The van der Waals surface area contributed by atoms with Crippen molar-refractivity contribution in [3.05, 3.63) is 36.1 Å². The summed E-state index contributed by atoms with van der Waals surface area (Å²) in [4.78, 5) is 11.1. The molecule has 1 aromatic carbocycles. The zero-order chi connectivity index (χ0) is 13.7. The van der Waals surface area contributed by atoms with E-state index in [1.807, 2.05) is 24.3 Å². The first kappa shape index (κ1) is 13.6. The van der Waals surface area contributed by atoms with Crippen LogP contribution in [0.25, 0.3) is 11.0 Å². The Balaban J connectivity index is 1.97. The second-order valence-corrected chi connectivity index (χ2v) is 4.71. The van der Waals surface area contributed by atoms with E-state index in [-0.39, 0.29) is 0 Å². The molecule has 2 N–H and O–H groups in total. The number of unbranched alkanes of at least 4 members (excludes halogenated alkanes) is 1. The highest BCUT2D eigenvalue weighted by Gasteiger charge is 2.15. The summed E-state index contributed by atoms with van der Waals surface area (Å²) in [6.45, 7) is 2.62. The molecule has 4 heteroatoms. The van der Waals surface area contributed by atoms with E-state index in [0.717, 1.165) is 29.4 Å². The topological polar surface area (TPSA) is 62.5 Å². The van der Waals surface area contributed by atoms with Crippen molar-refractivity contribution in [2.24, 2.45) is 0 Å². The van der Waals surface area contributed by atoms with Gasteiger partial charge in [0.05, 0.1) is 6.26 Å². The predicted molar refractivity (Wildman–Crippen MR) is 74.0 cm³/mol. The Morgan fingerprint density at radius 1 is 1.42 bits per heavy atom. The molecule has 1 aromatic heterocycles. The SMILES string of the molecule is CCCC[C@H](NCc1ccc2occc2c1)C(=O)O. The molecule has 2 rings (SSSR count). The zero-order valence-corrected chi connectivity index (χ0v) is 11.1. The highest BCUT2D eigenvalue weighted by Crippen LogP contribution is 2.17. The summed E-state index contributed by atoms with van der Waals surface area (Å²) in [7, 11) is 0. The molecule has 102 valence electrons. The van der Waals surface area contributed by atoms with Crippen molar-refractivity contribution in [3.63, 3.8) is 0 Å². The number of aliphatic carboxylic acids is 1. The largest absolute Gasteiger partial charge is 0.480 e. The van der Waals surface area contributed by atoms with Crippen LogP contribution in [0.5, 0.6) is 0 Å². The first-order valence-corrected chi connectivity index (χ1v) is 6.63. The Morgan fingerprint density at radius 3 is 3.00 bits per heavy atom. The lowest BCUT2D eigenvalue weighted by Crippen LogP contribution is -2.36. The van der Waals surface area contributed by atoms with E-state index in [0.29, 0.717) is 13.0 Å². The Bertz CT molecular complexity index is 547. The molecule has 0 amide bonds. The average Bonchev–Trinajstić information content (AvgIpc) is 2.85. The van der Waals surface area contributed by atoms with Crippen LogP contribution in [0.1, 0.15) is 31.7 Å². The van der Waals surface area contributed by atoms with Crippen molar-refractivity contribution in [3.8, 4) is 0 Å².